The summed E-state index contributed by atoms with van der Waals surface area (Å²) < 4.78 is 0. The predicted octanol–water partition coefficient (Wildman–Crippen LogP) is 3.81. The Morgan fingerprint density at radius 2 is 2.32 bits per heavy atom. The molecule has 98 valence electrons. The Bertz CT molecular complexity index is 562. The second-order valence-corrected chi connectivity index (χ2v) is 4.83. The summed E-state index contributed by atoms with van der Waals surface area (Å²) in [5, 5.41) is 3.58. The number of benzene rings is 1. The maximum absolute atomic E-state index is 12.6. The van der Waals surface area contributed by atoms with Gasteiger partial charge in [-0.3, -0.25) is 4.79 Å². The number of nitrogens with zero attached hydrogens (tertiary/aromatic N) is 4. The highest BCUT2D eigenvalue weighted by Crippen LogP contribution is 2.33. The maximum Gasteiger partial charge on any atom is 0.255 e. The molecular weight excluding hydrogens is 240 g/mol. The van der Waals surface area contributed by atoms with Gasteiger partial charge in [0.1, 0.15) is 0 Å². The van der Waals surface area contributed by atoms with Crippen LogP contribution in [0.2, 0.25) is 0 Å². The lowest BCUT2D eigenvalue weighted by molar-refractivity contribution is 0.0687. The minimum atomic E-state index is -0.319. The quantitative estimate of drug-likeness (QED) is 0.351. The van der Waals surface area contributed by atoms with Crippen LogP contribution in [0.5, 0.6) is 0 Å². The molecule has 0 radical (unpaired) electrons. The Morgan fingerprint density at radius 1 is 1.58 bits per heavy atom. The first-order valence-corrected chi connectivity index (χ1v) is 6.22. The zero-order chi connectivity index (χ0) is 13.9. The summed E-state index contributed by atoms with van der Waals surface area (Å²) in [4.78, 5) is 17.2. The van der Waals surface area contributed by atoms with Crippen molar-refractivity contribution in [2.45, 2.75) is 25.3 Å². The first kappa shape index (κ1) is 13.2. The van der Waals surface area contributed by atoms with Crippen LogP contribution in [-0.4, -0.2) is 22.9 Å². The van der Waals surface area contributed by atoms with Crippen LogP contribution in [0.1, 0.15) is 30.1 Å². The van der Waals surface area contributed by atoms with Gasteiger partial charge in [0, 0.05) is 17.0 Å². The van der Waals surface area contributed by atoms with Crippen molar-refractivity contribution in [3.05, 3.63) is 52.9 Å². The van der Waals surface area contributed by atoms with Gasteiger partial charge >= 0.3 is 0 Å². The van der Waals surface area contributed by atoms with Crippen LogP contribution in [0.4, 0.5) is 5.69 Å². The maximum atomic E-state index is 12.6. The van der Waals surface area contributed by atoms with Crippen molar-refractivity contribution in [1.29, 1.82) is 0 Å². The Morgan fingerprint density at radius 3 is 3.00 bits per heavy atom. The number of hydrogen-bond acceptors (Lipinski definition) is 2. The molecule has 1 saturated heterocycles. The highest BCUT2D eigenvalue weighted by atomic mass is 16.2. The number of carbonyl (C=O) groups excluding carboxylic acids is 1. The SMILES string of the molecule is C=C[C@]1(C)CCCN1C(=O)c1ccccc1N=[N+]=[N-]. The first-order valence-electron chi connectivity index (χ1n) is 6.22. The first-order chi connectivity index (χ1) is 9.12. The van der Waals surface area contributed by atoms with Crippen molar-refractivity contribution in [2.75, 3.05) is 6.54 Å². The van der Waals surface area contributed by atoms with Gasteiger partial charge in [-0.1, -0.05) is 29.4 Å². The summed E-state index contributed by atoms with van der Waals surface area (Å²) in [7, 11) is 0. The van der Waals surface area contributed by atoms with Gasteiger partial charge in [0.05, 0.1) is 11.2 Å². The third kappa shape index (κ3) is 2.33. The summed E-state index contributed by atoms with van der Waals surface area (Å²) in [6, 6.07) is 6.85. The second-order valence-electron chi connectivity index (χ2n) is 4.83. The van der Waals surface area contributed by atoms with Gasteiger partial charge in [-0.25, -0.2) is 0 Å². The van der Waals surface area contributed by atoms with Crippen LogP contribution in [0, 0.1) is 0 Å². The molecular formula is C14H16N4O. The Labute approximate surface area is 112 Å². The van der Waals surface area contributed by atoms with Gasteiger partial charge in [-0.15, -0.1) is 6.58 Å². The minimum Gasteiger partial charge on any atom is -0.330 e. The molecule has 0 aliphatic carbocycles. The van der Waals surface area contributed by atoms with Crippen LogP contribution in [-0.2, 0) is 0 Å². The number of hydrogen-bond donors (Lipinski definition) is 0. The van der Waals surface area contributed by atoms with E-state index in [9.17, 15) is 4.79 Å². The summed E-state index contributed by atoms with van der Waals surface area (Å²) >= 11 is 0. The van der Waals surface area contributed by atoms with Crippen LogP contribution in [0.3, 0.4) is 0 Å². The molecule has 0 spiro atoms. The predicted molar refractivity (Wildman–Crippen MR) is 74.1 cm³/mol. The average molecular weight is 256 g/mol. The van der Waals surface area contributed by atoms with Gasteiger partial charge in [0.15, 0.2) is 0 Å². The molecule has 0 bridgehead atoms. The molecule has 0 N–H and O–H groups in total. The summed E-state index contributed by atoms with van der Waals surface area (Å²) in [5.74, 6) is -0.108. The van der Waals surface area contributed by atoms with Gasteiger partial charge in [0.2, 0.25) is 0 Å². The van der Waals surface area contributed by atoms with Crippen LogP contribution < -0.4 is 0 Å². The lowest BCUT2D eigenvalue weighted by Crippen LogP contribution is -2.43. The van der Waals surface area contributed by atoms with E-state index in [2.05, 4.69) is 16.6 Å². The molecule has 2 rings (SSSR count). The molecule has 0 saturated carbocycles. The smallest absolute Gasteiger partial charge is 0.255 e. The standard InChI is InChI=1S/C14H16N4O/c1-3-14(2)9-6-10-18(14)13(19)11-7-4-5-8-12(11)16-17-15/h3-5,7-8H,1,6,9-10H2,2H3/t14-/m1/s1. The molecule has 19 heavy (non-hydrogen) atoms. The van der Waals surface area contributed by atoms with Crippen LogP contribution in [0.25, 0.3) is 10.4 Å². The van der Waals surface area contributed by atoms with E-state index in [1.807, 2.05) is 13.0 Å². The third-order valence-corrected chi connectivity index (χ3v) is 3.65. The number of amides is 1. The van der Waals surface area contributed by atoms with E-state index in [0.717, 1.165) is 12.8 Å². The van der Waals surface area contributed by atoms with E-state index < -0.39 is 0 Å². The molecule has 1 aliphatic heterocycles. The monoisotopic (exact) mass is 256 g/mol. The molecule has 1 aromatic carbocycles. The Kier molecular flexibility index (Phi) is 3.58. The molecule has 1 aromatic rings. The summed E-state index contributed by atoms with van der Waals surface area (Å²) in [6.45, 7) is 6.53. The van der Waals surface area contributed by atoms with Gasteiger partial charge in [0.25, 0.3) is 5.91 Å². The fourth-order valence-corrected chi connectivity index (χ4v) is 2.47. The highest BCUT2D eigenvalue weighted by molar-refractivity contribution is 5.99. The van der Waals surface area contributed by atoms with E-state index in [0.29, 0.717) is 17.8 Å². The van der Waals surface area contributed by atoms with E-state index in [1.165, 1.54) is 0 Å². The van der Waals surface area contributed by atoms with Crippen molar-refractivity contribution in [3.63, 3.8) is 0 Å². The molecule has 1 aliphatic rings. The fourth-order valence-electron chi connectivity index (χ4n) is 2.47. The van der Waals surface area contributed by atoms with Gasteiger partial charge in [-0.2, -0.15) is 0 Å². The van der Waals surface area contributed by atoms with E-state index in [1.54, 1.807) is 29.2 Å². The van der Waals surface area contributed by atoms with Gasteiger partial charge in [-0.05, 0) is 31.4 Å². The second kappa shape index (κ2) is 5.16. The molecule has 1 heterocycles. The molecule has 5 heteroatoms. The summed E-state index contributed by atoms with van der Waals surface area (Å²) in [6.07, 6.45) is 3.68. The molecule has 1 amide bonds. The lowest BCUT2D eigenvalue weighted by Gasteiger charge is -2.32. The molecule has 0 unspecified atom stereocenters. The topological polar surface area (TPSA) is 69.1 Å². The van der Waals surface area contributed by atoms with Crippen LogP contribution >= 0.6 is 0 Å². The van der Waals surface area contributed by atoms with Gasteiger partial charge < -0.3 is 4.90 Å². The number of azide groups is 1. The fraction of sp³-hybridized carbons (Fsp3) is 0.357. The van der Waals surface area contributed by atoms with Crippen LogP contribution in [0.15, 0.2) is 42.0 Å². The van der Waals surface area contributed by atoms with E-state index in [4.69, 9.17) is 5.53 Å². The third-order valence-electron chi connectivity index (χ3n) is 3.65. The van der Waals surface area contributed by atoms with Crippen molar-refractivity contribution in [2.24, 2.45) is 5.11 Å². The average Bonchev–Trinajstić information content (AvgIpc) is 2.82. The number of carbonyl (C=O) groups is 1. The number of likely N-dealkylation sites (tertiary alicyclic amines) is 1. The summed E-state index contributed by atoms with van der Waals surface area (Å²) in [5.41, 5.74) is 9.05. The van der Waals surface area contributed by atoms with Crippen molar-refractivity contribution < 1.29 is 4.79 Å². The molecule has 0 aromatic heterocycles. The molecule has 5 nitrogen and oxygen atoms in total. The largest absolute Gasteiger partial charge is 0.330 e. The highest BCUT2D eigenvalue weighted by Gasteiger charge is 2.37. The molecule has 1 atom stereocenters. The Hall–Kier alpha value is -2.26. The van der Waals surface area contributed by atoms with Crippen molar-refractivity contribution in [1.82, 2.24) is 4.90 Å². The minimum absolute atomic E-state index is 0.108. The Balaban J connectivity index is 2.40. The normalized spacial score (nSPS) is 21.8. The zero-order valence-corrected chi connectivity index (χ0v) is 10.9. The molecule has 1 fully saturated rings. The van der Waals surface area contributed by atoms with Crippen molar-refractivity contribution in [3.8, 4) is 0 Å². The zero-order valence-electron chi connectivity index (χ0n) is 10.9. The van der Waals surface area contributed by atoms with E-state index in [-0.39, 0.29) is 11.4 Å². The van der Waals surface area contributed by atoms with E-state index >= 15 is 0 Å². The lowest BCUT2D eigenvalue weighted by atomic mass is 9.98. The van der Waals surface area contributed by atoms with Crippen molar-refractivity contribution >= 4 is 11.6 Å². The number of rotatable bonds is 3.